The highest BCUT2D eigenvalue weighted by Gasteiger charge is 2.22. The zero-order valence-electron chi connectivity index (χ0n) is 11.3. The number of hydrogen-bond acceptors (Lipinski definition) is 5. The summed E-state index contributed by atoms with van der Waals surface area (Å²) >= 11 is 5.76. The molecule has 21 heavy (non-hydrogen) atoms. The molecule has 7 nitrogen and oxygen atoms in total. The van der Waals surface area contributed by atoms with Crippen molar-refractivity contribution in [2.24, 2.45) is 5.92 Å². The molecule has 1 aliphatic rings. The fourth-order valence-electron chi connectivity index (χ4n) is 2.26. The SMILES string of the molecule is N#Cc1nc(Cl)cc(OCCC2CCN(C(=O)O)CC2)n1. The fourth-order valence-corrected chi connectivity index (χ4v) is 2.44. The number of halogens is 1. The molecule has 0 bridgehead atoms. The smallest absolute Gasteiger partial charge is 0.407 e. The van der Waals surface area contributed by atoms with Crippen LogP contribution >= 0.6 is 11.6 Å². The molecule has 112 valence electrons. The van der Waals surface area contributed by atoms with Crippen LogP contribution in [-0.4, -0.2) is 45.8 Å². The molecule has 1 aromatic rings. The Morgan fingerprint density at radius 1 is 1.52 bits per heavy atom. The summed E-state index contributed by atoms with van der Waals surface area (Å²) in [4.78, 5) is 19.9. The van der Waals surface area contributed by atoms with Gasteiger partial charge in [0.1, 0.15) is 11.2 Å². The maximum absolute atomic E-state index is 10.8. The fraction of sp³-hybridized carbons (Fsp3) is 0.538. The number of carboxylic acid groups (broad SMARTS) is 1. The van der Waals surface area contributed by atoms with E-state index in [0.29, 0.717) is 25.6 Å². The third-order valence-electron chi connectivity index (χ3n) is 3.43. The zero-order chi connectivity index (χ0) is 15.2. The number of likely N-dealkylation sites (tertiary alicyclic amines) is 1. The van der Waals surface area contributed by atoms with Crippen LogP contribution in [-0.2, 0) is 0 Å². The third kappa shape index (κ3) is 4.46. The van der Waals surface area contributed by atoms with E-state index in [1.165, 1.54) is 11.0 Å². The summed E-state index contributed by atoms with van der Waals surface area (Å²) in [6, 6.07) is 3.28. The molecule has 8 heteroatoms. The number of aromatic nitrogens is 2. The first-order valence-electron chi connectivity index (χ1n) is 6.64. The van der Waals surface area contributed by atoms with Crippen molar-refractivity contribution < 1.29 is 14.6 Å². The van der Waals surface area contributed by atoms with Crippen molar-refractivity contribution in [2.45, 2.75) is 19.3 Å². The van der Waals surface area contributed by atoms with Gasteiger partial charge in [-0.3, -0.25) is 0 Å². The Hall–Kier alpha value is -2.07. The summed E-state index contributed by atoms with van der Waals surface area (Å²) in [6.45, 7) is 1.59. The second-order valence-electron chi connectivity index (χ2n) is 4.81. The van der Waals surface area contributed by atoms with Crippen molar-refractivity contribution in [2.75, 3.05) is 19.7 Å². The maximum atomic E-state index is 10.8. The average Bonchev–Trinajstić information content (AvgIpc) is 2.47. The second-order valence-corrected chi connectivity index (χ2v) is 5.20. The van der Waals surface area contributed by atoms with E-state index in [9.17, 15) is 4.79 Å². The Balaban J connectivity index is 1.77. The molecule has 1 amide bonds. The lowest BCUT2D eigenvalue weighted by atomic mass is 9.94. The molecule has 0 atom stereocenters. The summed E-state index contributed by atoms with van der Waals surface area (Å²) in [5, 5.41) is 17.8. The highest BCUT2D eigenvalue weighted by atomic mass is 35.5. The third-order valence-corrected chi connectivity index (χ3v) is 3.63. The molecule has 0 saturated carbocycles. The molecule has 2 rings (SSSR count). The first kappa shape index (κ1) is 15.3. The van der Waals surface area contributed by atoms with Crippen LogP contribution in [0.3, 0.4) is 0 Å². The molecule has 0 unspecified atom stereocenters. The predicted octanol–water partition coefficient (Wildman–Crippen LogP) is 2.16. The second kappa shape index (κ2) is 7.09. The molecule has 0 aliphatic carbocycles. The molecule has 0 radical (unpaired) electrons. The zero-order valence-corrected chi connectivity index (χ0v) is 12.1. The molecular weight excluding hydrogens is 296 g/mol. The van der Waals surface area contributed by atoms with E-state index in [1.807, 2.05) is 6.07 Å². The van der Waals surface area contributed by atoms with Gasteiger partial charge in [0.15, 0.2) is 0 Å². The monoisotopic (exact) mass is 310 g/mol. The molecule has 1 fully saturated rings. The molecule has 0 spiro atoms. The first-order chi connectivity index (χ1) is 10.1. The number of nitriles is 1. The highest BCUT2D eigenvalue weighted by molar-refractivity contribution is 6.29. The lowest BCUT2D eigenvalue weighted by Crippen LogP contribution is -2.37. The normalized spacial score (nSPS) is 15.5. The maximum Gasteiger partial charge on any atom is 0.407 e. The van der Waals surface area contributed by atoms with Crippen LogP contribution in [0.2, 0.25) is 5.15 Å². The number of carbonyl (C=O) groups is 1. The Morgan fingerprint density at radius 2 is 2.24 bits per heavy atom. The number of rotatable bonds is 4. The van der Waals surface area contributed by atoms with Crippen LogP contribution in [0.4, 0.5) is 4.79 Å². The summed E-state index contributed by atoms with van der Waals surface area (Å²) in [6.07, 6.45) is 1.63. The largest absolute Gasteiger partial charge is 0.478 e. The van der Waals surface area contributed by atoms with Gasteiger partial charge in [-0.25, -0.2) is 9.78 Å². The minimum absolute atomic E-state index is 0.0210. The molecule has 1 saturated heterocycles. The molecule has 0 aromatic carbocycles. The quantitative estimate of drug-likeness (QED) is 0.855. The van der Waals surface area contributed by atoms with E-state index in [2.05, 4.69) is 9.97 Å². The van der Waals surface area contributed by atoms with Crippen molar-refractivity contribution >= 4 is 17.7 Å². The number of nitrogens with zero attached hydrogens (tertiary/aromatic N) is 4. The number of hydrogen-bond donors (Lipinski definition) is 1. The van der Waals surface area contributed by atoms with Crippen LogP contribution in [0, 0.1) is 17.2 Å². The number of amides is 1. The lowest BCUT2D eigenvalue weighted by Gasteiger charge is -2.29. The van der Waals surface area contributed by atoms with Crippen LogP contribution in [0.25, 0.3) is 0 Å². The van der Waals surface area contributed by atoms with Gasteiger partial charge in [0.05, 0.1) is 6.61 Å². The van der Waals surface area contributed by atoms with Gasteiger partial charge in [-0.1, -0.05) is 11.6 Å². The van der Waals surface area contributed by atoms with Crippen molar-refractivity contribution in [3.63, 3.8) is 0 Å². The van der Waals surface area contributed by atoms with E-state index in [4.69, 9.17) is 26.7 Å². The summed E-state index contributed by atoms with van der Waals surface area (Å²) in [5.74, 6) is 0.704. The molecule has 1 N–H and O–H groups in total. The van der Waals surface area contributed by atoms with E-state index < -0.39 is 6.09 Å². The average molecular weight is 311 g/mol. The van der Waals surface area contributed by atoms with Gasteiger partial charge < -0.3 is 14.7 Å². The van der Waals surface area contributed by atoms with Crippen molar-refractivity contribution in [3.8, 4) is 11.9 Å². The summed E-state index contributed by atoms with van der Waals surface area (Å²) < 4.78 is 5.49. The van der Waals surface area contributed by atoms with Crippen LogP contribution in [0.15, 0.2) is 6.07 Å². The van der Waals surface area contributed by atoms with E-state index in [-0.39, 0.29) is 16.9 Å². The minimum Gasteiger partial charge on any atom is -0.478 e. The van der Waals surface area contributed by atoms with E-state index in [1.54, 1.807) is 0 Å². The summed E-state index contributed by atoms with van der Waals surface area (Å²) in [5.41, 5.74) is 0. The van der Waals surface area contributed by atoms with Gasteiger partial charge in [-0.2, -0.15) is 10.2 Å². The Morgan fingerprint density at radius 3 is 2.86 bits per heavy atom. The van der Waals surface area contributed by atoms with Gasteiger partial charge in [-0.15, -0.1) is 0 Å². The van der Waals surface area contributed by atoms with E-state index >= 15 is 0 Å². The lowest BCUT2D eigenvalue weighted by molar-refractivity contribution is 0.119. The topological polar surface area (TPSA) is 99.3 Å². The molecule has 1 aromatic heterocycles. The number of ether oxygens (including phenoxy) is 1. The van der Waals surface area contributed by atoms with Crippen LogP contribution < -0.4 is 4.74 Å². The minimum atomic E-state index is -0.857. The highest BCUT2D eigenvalue weighted by Crippen LogP contribution is 2.21. The van der Waals surface area contributed by atoms with Crippen molar-refractivity contribution in [1.29, 1.82) is 5.26 Å². The molecular formula is C13H15ClN4O3. The summed E-state index contributed by atoms with van der Waals surface area (Å²) in [7, 11) is 0. The van der Waals surface area contributed by atoms with E-state index in [0.717, 1.165) is 19.3 Å². The van der Waals surface area contributed by atoms with Crippen LogP contribution in [0.1, 0.15) is 25.1 Å². The first-order valence-corrected chi connectivity index (χ1v) is 7.01. The Labute approximate surface area is 127 Å². The van der Waals surface area contributed by atoms with Gasteiger partial charge in [0.25, 0.3) is 0 Å². The Kier molecular flexibility index (Phi) is 5.17. The van der Waals surface area contributed by atoms with Gasteiger partial charge >= 0.3 is 6.09 Å². The standard InChI is InChI=1S/C13H15ClN4O3/c14-10-7-12(17-11(8-15)16-10)21-6-3-9-1-4-18(5-2-9)13(19)20/h7,9H,1-6H2,(H,19,20). The van der Waals surface area contributed by atoms with Crippen LogP contribution in [0.5, 0.6) is 5.88 Å². The van der Waals surface area contributed by atoms with Crippen molar-refractivity contribution in [3.05, 3.63) is 17.0 Å². The molecule has 2 heterocycles. The van der Waals surface area contributed by atoms with Crippen molar-refractivity contribution in [1.82, 2.24) is 14.9 Å². The predicted molar refractivity (Wildman–Crippen MR) is 74.2 cm³/mol. The van der Waals surface area contributed by atoms with Gasteiger partial charge in [0, 0.05) is 19.2 Å². The van der Waals surface area contributed by atoms with Gasteiger partial charge in [-0.05, 0) is 25.2 Å². The molecule has 1 aliphatic heterocycles. The Bertz CT molecular complexity index is 553. The number of piperidine rings is 1. The van der Waals surface area contributed by atoms with Gasteiger partial charge in [0.2, 0.25) is 11.7 Å².